The molecule has 3 N–H and O–H groups in total. The molecule has 0 aliphatic carbocycles. The van der Waals surface area contributed by atoms with Crippen LogP contribution in [0.5, 0.6) is 0 Å². The van der Waals surface area contributed by atoms with Gasteiger partial charge in [-0.05, 0) is 11.6 Å². The highest BCUT2D eigenvalue weighted by Crippen LogP contribution is 2.07. The summed E-state index contributed by atoms with van der Waals surface area (Å²) in [7, 11) is -3.17. The highest BCUT2D eigenvalue weighted by molar-refractivity contribution is 7.88. The highest BCUT2D eigenvalue weighted by Gasteiger charge is 2.02. The SMILES string of the molecule is CS(=O)(=O)NCc1ccncc1N. The van der Waals surface area contributed by atoms with Gasteiger partial charge in [-0.1, -0.05) is 0 Å². The number of sulfonamides is 1. The number of pyridine rings is 1. The fraction of sp³-hybridized carbons (Fsp3) is 0.286. The first-order valence-electron chi connectivity index (χ1n) is 3.62. The molecule has 0 saturated carbocycles. The third-order valence-corrected chi connectivity index (χ3v) is 2.14. The first-order chi connectivity index (χ1) is 5.99. The van der Waals surface area contributed by atoms with Gasteiger partial charge in [0.05, 0.1) is 18.1 Å². The van der Waals surface area contributed by atoms with Gasteiger partial charge in [0.1, 0.15) is 0 Å². The molecule has 0 spiro atoms. The van der Waals surface area contributed by atoms with E-state index in [4.69, 9.17) is 5.73 Å². The van der Waals surface area contributed by atoms with Crippen molar-refractivity contribution < 1.29 is 8.42 Å². The Hall–Kier alpha value is -1.14. The predicted octanol–water partition coefficient (Wildman–Crippen LogP) is -0.287. The summed E-state index contributed by atoms with van der Waals surface area (Å²) >= 11 is 0. The van der Waals surface area contributed by atoms with Crippen LogP contribution in [0, 0.1) is 0 Å². The Morgan fingerprint density at radius 2 is 2.31 bits per heavy atom. The molecular weight excluding hydrogens is 190 g/mol. The molecule has 1 rings (SSSR count). The van der Waals surface area contributed by atoms with Gasteiger partial charge in [-0.15, -0.1) is 0 Å². The number of hydrogen-bond donors (Lipinski definition) is 2. The number of hydrogen-bond acceptors (Lipinski definition) is 4. The number of aromatic nitrogens is 1. The van der Waals surface area contributed by atoms with Crippen LogP contribution < -0.4 is 10.5 Å². The molecule has 0 bridgehead atoms. The van der Waals surface area contributed by atoms with E-state index in [1.165, 1.54) is 6.20 Å². The summed E-state index contributed by atoms with van der Waals surface area (Å²) in [6.07, 6.45) is 4.15. The summed E-state index contributed by atoms with van der Waals surface area (Å²) < 4.78 is 23.8. The first-order valence-corrected chi connectivity index (χ1v) is 5.51. The van der Waals surface area contributed by atoms with Crippen LogP contribution >= 0.6 is 0 Å². The monoisotopic (exact) mass is 201 g/mol. The largest absolute Gasteiger partial charge is 0.397 e. The number of rotatable bonds is 3. The lowest BCUT2D eigenvalue weighted by molar-refractivity contribution is 0.587. The summed E-state index contributed by atoms with van der Waals surface area (Å²) in [4.78, 5) is 3.79. The number of nitrogens with zero attached hydrogens (tertiary/aromatic N) is 1. The molecule has 0 fully saturated rings. The van der Waals surface area contributed by atoms with Crippen LogP contribution in [0.25, 0.3) is 0 Å². The average Bonchev–Trinajstić information content (AvgIpc) is 2.01. The standard InChI is InChI=1S/C7H11N3O2S/c1-13(11,12)10-4-6-2-3-9-5-7(6)8/h2-3,5,10H,4,8H2,1H3. The molecule has 0 unspecified atom stereocenters. The molecule has 6 heteroatoms. The van der Waals surface area contributed by atoms with Crippen molar-refractivity contribution in [1.29, 1.82) is 0 Å². The lowest BCUT2D eigenvalue weighted by Gasteiger charge is -2.04. The van der Waals surface area contributed by atoms with E-state index in [0.717, 1.165) is 11.8 Å². The Morgan fingerprint density at radius 3 is 2.85 bits per heavy atom. The van der Waals surface area contributed by atoms with E-state index < -0.39 is 10.0 Å². The van der Waals surface area contributed by atoms with Crippen LogP contribution in [0.15, 0.2) is 18.5 Å². The molecule has 1 aromatic heterocycles. The molecule has 0 aliphatic heterocycles. The summed E-state index contributed by atoms with van der Waals surface area (Å²) in [5.41, 5.74) is 6.76. The molecule has 1 aromatic rings. The van der Waals surface area contributed by atoms with Crippen molar-refractivity contribution in [2.24, 2.45) is 0 Å². The van der Waals surface area contributed by atoms with Crippen LogP contribution in [0.4, 0.5) is 5.69 Å². The second-order valence-electron chi connectivity index (χ2n) is 2.67. The minimum absolute atomic E-state index is 0.202. The van der Waals surface area contributed by atoms with Gasteiger partial charge in [-0.3, -0.25) is 4.98 Å². The van der Waals surface area contributed by atoms with Gasteiger partial charge in [0.25, 0.3) is 0 Å². The molecule has 0 saturated heterocycles. The molecule has 72 valence electrons. The van der Waals surface area contributed by atoms with E-state index in [1.807, 2.05) is 0 Å². The minimum atomic E-state index is -3.17. The zero-order chi connectivity index (χ0) is 9.90. The van der Waals surface area contributed by atoms with Crippen LogP contribution in [0.1, 0.15) is 5.56 Å². The van der Waals surface area contributed by atoms with Gasteiger partial charge in [0.2, 0.25) is 10.0 Å². The van der Waals surface area contributed by atoms with Crippen molar-refractivity contribution >= 4 is 15.7 Å². The minimum Gasteiger partial charge on any atom is -0.397 e. The predicted molar refractivity (Wildman–Crippen MR) is 50.3 cm³/mol. The van der Waals surface area contributed by atoms with Crippen molar-refractivity contribution in [2.45, 2.75) is 6.54 Å². The fourth-order valence-electron chi connectivity index (χ4n) is 0.805. The zero-order valence-electron chi connectivity index (χ0n) is 7.19. The summed E-state index contributed by atoms with van der Waals surface area (Å²) in [6.45, 7) is 0.202. The molecular formula is C7H11N3O2S. The summed E-state index contributed by atoms with van der Waals surface area (Å²) in [6, 6.07) is 1.67. The lowest BCUT2D eigenvalue weighted by Crippen LogP contribution is -2.21. The van der Waals surface area contributed by atoms with E-state index >= 15 is 0 Å². The van der Waals surface area contributed by atoms with Crippen LogP contribution in [0.2, 0.25) is 0 Å². The molecule has 0 radical (unpaired) electrons. The second-order valence-corrected chi connectivity index (χ2v) is 4.50. The number of nitrogens with one attached hydrogen (secondary N) is 1. The number of nitrogens with two attached hydrogens (primary N) is 1. The number of anilines is 1. The molecule has 13 heavy (non-hydrogen) atoms. The number of nitrogen functional groups attached to an aromatic ring is 1. The van der Waals surface area contributed by atoms with Gasteiger partial charge in [-0.25, -0.2) is 13.1 Å². The highest BCUT2D eigenvalue weighted by atomic mass is 32.2. The molecule has 1 heterocycles. The molecule has 0 aliphatic rings. The molecule has 0 atom stereocenters. The summed E-state index contributed by atoms with van der Waals surface area (Å²) in [5.74, 6) is 0. The Balaban J connectivity index is 2.71. The third kappa shape index (κ3) is 3.39. The second kappa shape index (κ2) is 3.71. The van der Waals surface area contributed by atoms with Crippen molar-refractivity contribution in [3.05, 3.63) is 24.0 Å². The maximum absolute atomic E-state index is 10.7. The smallest absolute Gasteiger partial charge is 0.209 e. The van der Waals surface area contributed by atoms with Gasteiger partial charge in [-0.2, -0.15) is 0 Å². The Morgan fingerprint density at radius 1 is 1.62 bits per heavy atom. The normalized spacial score (nSPS) is 11.5. The van der Waals surface area contributed by atoms with E-state index in [2.05, 4.69) is 9.71 Å². The van der Waals surface area contributed by atoms with Crippen molar-refractivity contribution in [3.63, 3.8) is 0 Å². The molecule has 5 nitrogen and oxygen atoms in total. The maximum atomic E-state index is 10.7. The van der Waals surface area contributed by atoms with Crippen molar-refractivity contribution in [2.75, 3.05) is 12.0 Å². The van der Waals surface area contributed by atoms with Crippen molar-refractivity contribution in [1.82, 2.24) is 9.71 Å². The van der Waals surface area contributed by atoms with Crippen molar-refractivity contribution in [3.8, 4) is 0 Å². The third-order valence-electron chi connectivity index (χ3n) is 1.47. The Kier molecular flexibility index (Phi) is 2.84. The maximum Gasteiger partial charge on any atom is 0.209 e. The van der Waals surface area contributed by atoms with E-state index in [-0.39, 0.29) is 6.54 Å². The zero-order valence-corrected chi connectivity index (χ0v) is 8.00. The quantitative estimate of drug-likeness (QED) is 0.704. The van der Waals surface area contributed by atoms with Gasteiger partial charge >= 0.3 is 0 Å². The lowest BCUT2D eigenvalue weighted by atomic mass is 10.2. The van der Waals surface area contributed by atoms with E-state index in [1.54, 1.807) is 12.3 Å². The van der Waals surface area contributed by atoms with Gasteiger partial charge in [0.15, 0.2) is 0 Å². The van der Waals surface area contributed by atoms with Gasteiger partial charge < -0.3 is 5.73 Å². The van der Waals surface area contributed by atoms with Gasteiger partial charge in [0, 0.05) is 12.7 Å². The molecule has 0 aromatic carbocycles. The van der Waals surface area contributed by atoms with E-state index in [0.29, 0.717) is 5.69 Å². The average molecular weight is 201 g/mol. The van der Waals surface area contributed by atoms with Crippen LogP contribution in [-0.4, -0.2) is 19.7 Å². The molecule has 0 amide bonds. The Bertz CT molecular complexity index is 388. The Labute approximate surface area is 77.0 Å². The fourth-order valence-corrected chi connectivity index (χ4v) is 1.22. The van der Waals surface area contributed by atoms with Crippen LogP contribution in [0.3, 0.4) is 0 Å². The first kappa shape index (κ1) is 9.94. The van der Waals surface area contributed by atoms with Crippen LogP contribution in [-0.2, 0) is 16.6 Å². The van der Waals surface area contributed by atoms with E-state index in [9.17, 15) is 8.42 Å². The summed E-state index contributed by atoms with van der Waals surface area (Å²) in [5, 5.41) is 0. The topological polar surface area (TPSA) is 85.1 Å².